The average molecular weight is 307 g/mol. The van der Waals surface area contributed by atoms with Crippen LogP contribution in [0.4, 0.5) is 0 Å². The third-order valence-corrected chi connectivity index (χ3v) is 4.27. The summed E-state index contributed by atoms with van der Waals surface area (Å²) in [5, 5.41) is 5.33. The summed E-state index contributed by atoms with van der Waals surface area (Å²) in [5.41, 5.74) is 3.55. The summed E-state index contributed by atoms with van der Waals surface area (Å²) in [6.07, 6.45) is 6.26. The molecule has 1 aromatic carbocycles. The molecule has 5 nitrogen and oxygen atoms in total. The molecule has 2 heterocycles. The normalized spacial score (nSPS) is 14.1. The smallest absolute Gasteiger partial charge is 0.340 e. The van der Waals surface area contributed by atoms with Gasteiger partial charge in [0.1, 0.15) is 0 Å². The van der Waals surface area contributed by atoms with Crippen molar-refractivity contribution in [3.63, 3.8) is 0 Å². The number of rotatable bonds is 4. The molecule has 0 amide bonds. The van der Waals surface area contributed by atoms with Crippen LogP contribution in [0.5, 0.6) is 0 Å². The molecule has 1 aliphatic carbocycles. The predicted molar refractivity (Wildman–Crippen MR) is 86.4 cm³/mol. The van der Waals surface area contributed by atoms with Crippen molar-refractivity contribution in [1.82, 2.24) is 14.8 Å². The van der Waals surface area contributed by atoms with Gasteiger partial charge in [-0.05, 0) is 36.5 Å². The minimum atomic E-state index is -0.352. The van der Waals surface area contributed by atoms with E-state index in [4.69, 9.17) is 4.74 Å². The summed E-state index contributed by atoms with van der Waals surface area (Å²) in [6.45, 7) is 0.530. The topological polar surface area (TPSA) is 57.0 Å². The van der Waals surface area contributed by atoms with E-state index in [2.05, 4.69) is 16.1 Å². The first-order chi connectivity index (χ1) is 11.3. The highest BCUT2D eigenvalue weighted by molar-refractivity contribution is 6.02. The summed E-state index contributed by atoms with van der Waals surface area (Å²) in [7, 11) is 1.39. The lowest BCUT2D eigenvalue weighted by Gasteiger charge is -2.07. The van der Waals surface area contributed by atoms with Crippen molar-refractivity contribution in [2.45, 2.75) is 25.3 Å². The third kappa shape index (κ3) is 2.59. The van der Waals surface area contributed by atoms with E-state index in [9.17, 15) is 4.79 Å². The average Bonchev–Trinajstić information content (AvgIpc) is 3.36. The molecule has 0 atom stereocenters. The van der Waals surface area contributed by atoms with Gasteiger partial charge in [0.25, 0.3) is 0 Å². The third-order valence-electron chi connectivity index (χ3n) is 4.27. The number of aromatic nitrogens is 3. The number of nitrogens with zero attached hydrogens (tertiary/aromatic N) is 3. The lowest BCUT2D eigenvalue weighted by atomic mass is 10.1. The monoisotopic (exact) mass is 307 g/mol. The minimum Gasteiger partial charge on any atom is -0.465 e. The summed E-state index contributed by atoms with van der Waals surface area (Å²) < 4.78 is 6.68. The predicted octanol–water partition coefficient (Wildman–Crippen LogP) is 3.14. The highest BCUT2D eigenvalue weighted by Gasteiger charge is 2.23. The van der Waals surface area contributed by atoms with E-state index < -0.39 is 0 Å². The molecular formula is C18H17N3O2. The number of hydrogen-bond donors (Lipinski definition) is 0. The minimum absolute atomic E-state index is 0.352. The van der Waals surface area contributed by atoms with Crippen molar-refractivity contribution in [3.8, 4) is 0 Å². The van der Waals surface area contributed by atoms with E-state index in [0.717, 1.165) is 16.6 Å². The van der Waals surface area contributed by atoms with Gasteiger partial charge < -0.3 is 4.74 Å². The maximum absolute atomic E-state index is 12.0. The Balaban J connectivity index is 1.69. The zero-order chi connectivity index (χ0) is 15.8. The van der Waals surface area contributed by atoms with Crippen LogP contribution in [0.25, 0.3) is 10.9 Å². The second kappa shape index (κ2) is 5.50. The molecule has 23 heavy (non-hydrogen) atoms. The zero-order valence-corrected chi connectivity index (χ0v) is 12.9. The molecule has 0 N–H and O–H groups in total. The summed E-state index contributed by atoms with van der Waals surface area (Å²) >= 11 is 0. The Morgan fingerprint density at radius 2 is 2.13 bits per heavy atom. The standard InChI is InChI=1S/C18H17N3O2/c1-23-18(22)16-4-2-3-14-10-20-21(17(14)16)11-15-8-7-13(9-19-15)12-5-6-12/h2-4,7-10,12H,5-6,11H2,1H3. The fourth-order valence-electron chi connectivity index (χ4n) is 2.88. The number of benzene rings is 1. The molecule has 1 saturated carbocycles. The van der Waals surface area contributed by atoms with Gasteiger partial charge in [0.2, 0.25) is 0 Å². The molecule has 5 heteroatoms. The van der Waals surface area contributed by atoms with E-state index in [0.29, 0.717) is 18.0 Å². The SMILES string of the molecule is COC(=O)c1cccc2cnn(Cc3ccc(C4CC4)cn3)c12. The van der Waals surface area contributed by atoms with Gasteiger partial charge in [-0.15, -0.1) is 0 Å². The summed E-state index contributed by atoms with van der Waals surface area (Å²) in [4.78, 5) is 16.5. The van der Waals surface area contributed by atoms with Gasteiger partial charge in [0.15, 0.2) is 0 Å². The van der Waals surface area contributed by atoms with E-state index in [-0.39, 0.29) is 5.97 Å². The summed E-state index contributed by atoms with van der Waals surface area (Å²) in [5.74, 6) is 0.349. The van der Waals surface area contributed by atoms with Gasteiger partial charge in [-0.25, -0.2) is 4.79 Å². The van der Waals surface area contributed by atoms with Crippen molar-refractivity contribution in [1.29, 1.82) is 0 Å². The number of esters is 1. The molecule has 116 valence electrons. The van der Waals surface area contributed by atoms with E-state index >= 15 is 0 Å². The molecule has 0 saturated heterocycles. The zero-order valence-electron chi connectivity index (χ0n) is 12.9. The molecule has 0 radical (unpaired) electrons. The lowest BCUT2D eigenvalue weighted by molar-refractivity contribution is 0.0602. The van der Waals surface area contributed by atoms with Crippen LogP contribution in [0.1, 0.15) is 40.4 Å². The van der Waals surface area contributed by atoms with Crippen LogP contribution in [0.15, 0.2) is 42.7 Å². The number of hydrogen-bond acceptors (Lipinski definition) is 4. The van der Waals surface area contributed by atoms with E-state index in [1.807, 2.05) is 24.4 Å². The first-order valence-electron chi connectivity index (χ1n) is 7.74. The van der Waals surface area contributed by atoms with Crippen molar-refractivity contribution in [2.24, 2.45) is 0 Å². The fraction of sp³-hybridized carbons (Fsp3) is 0.278. The quantitative estimate of drug-likeness (QED) is 0.695. The first-order valence-corrected chi connectivity index (χ1v) is 7.74. The largest absolute Gasteiger partial charge is 0.465 e. The maximum Gasteiger partial charge on any atom is 0.340 e. The van der Waals surface area contributed by atoms with Crippen LogP contribution < -0.4 is 0 Å². The Hall–Kier alpha value is -2.69. The molecule has 3 aromatic rings. The Bertz CT molecular complexity index is 864. The van der Waals surface area contributed by atoms with Crippen LogP contribution in [-0.4, -0.2) is 27.8 Å². The Morgan fingerprint density at radius 3 is 2.83 bits per heavy atom. The number of pyridine rings is 1. The van der Waals surface area contributed by atoms with Gasteiger partial charge in [0.05, 0.1) is 36.6 Å². The van der Waals surface area contributed by atoms with Crippen LogP contribution in [0.2, 0.25) is 0 Å². The van der Waals surface area contributed by atoms with Gasteiger partial charge >= 0.3 is 5.97 Å². The Kier molecular flexibility index (Phi) is 3.33. The molecule has 1 aliphatic rings. The molecular weight excluding hydrogens is 290 g/mol. The van der Waals surface area contributed by atoms with Crippen molar-refractivity contribution in [2.75, 3.05) is 7.11 Å². The number of para-hydroxylation sites is 1. The second-order valence-electron chi connectivity index (χ2n) is 5.89. The fourth-order valence-corrected chi connectivity index (χ4v) is 2.88. The van der Waals surface area contributed by atoms with Gasteiger partial charge in [-0.2, -0.15) is 5.10 Å². The number of fused-ring (bicyclic) bond motifs is 1. The molecule has 0 aliphatic heterocycles. The van der Waals surface area contributed by atoms with E-state index in [1.54, 1.807) is 16.9 Å². The molecule has 0 bridgehead atoms. The van der Waals surface area contributed by atoms with Crippen LogP contribution >= 0.6 is 0 Å². The maximum atomic E-state index is 12.0. The van der Waals surface area contributed by atoms with Crippen LogP contribution in [0.3, 0.4) is 0 Å². The second-order valence-corrected chi connectivity index (χ2v) is 5.89. The first kappa shape index (κ1) is 13.9. The van der Waals surface area contributed by atoms with Crippen molar-refractivity contribution in [3.05, 3.63) is 59.5 Å². The number of carbonyl (C=O) groups is 1. The molecule has 2 aromatic heterocycles. The van der Waals surface area contributed by atoms with Crippen LogP contribution in [0, 0.1) is 0 Å². The van der Waals surface area contributed by atoms with Crippen molar-refractivity contribution >= 4 is 16.9 Å². The molecule has 4 rings (SSSR count). The van der Waals surface area contributed by atoms with Gasteiger partial charge in [-0.1, -0.05) is 18.2 Å². The van der Waals surface area contributed by atoms with Gasteiger partial charge in [-0.3, -0.25) is 9.67 Å². The highest BCUT2D eigenvalue weighted by atomic mass is 16.5. The number of carbonyl (C=O) groups excluding carboxylic acids is 1. The molecule has 1 fully saturated rings. The lowest BCUT2D eigenvalue weighted by Crippen LogP contribution is -2.08. The molecule has 0 spiro atoms. The number of methoxy groups -OCH3 is 1. The van der Waals surface area contributed by atoms with Gasteiger partial charge in [0, 0.05) is 11.6 Å². The Morgan fingerprint density at radius 1 is 1.26 bits per heavy atom. The summed E-state index contributed by atoms with van der Waals surface area (Å²) in [6, 6.07) is 9.73. The molecule has 0 unspecified atom stereocenters. The Labute approximate surface area is 133 Å². The van der Waals surface area contributed by atoms with E-state index in [1.165, 1.54) is 25.5 Å². The van der Waals surface area contributed by atoms with Crippen LogP contribution in [-0.2, 0) is 11.3 Å². The highest BCUT2D eigenvalue weighted by Crippen LogP contribution is 2.39. The van der Waals surface area contributed by atoms with Crippen molar-refractivity contribution < 1.29 is 9.53 Å². The number of ether oxygens (including phenoxy) is 1.